The van der Waals surface area contributed by atoms with E-state index in [1.54, 1.807) is 30.3 Å². The lowest BCUT2D eigenvalue weighted by Crippen LogP contribution is -2.33. The molecule has 0 saturated carbocycles. The van der Waals surface area contributed by atoms with E-state index in [1.165, 1.54) is 10.6 Å². The van der Waals surface area contributed by atoms with Crippen molar-refractivity contribution in [1.82, 2.24) is 19.8 Å². The number of hydrogen-bond donors (Lipinski definition) is 2. The van der Waals surface area contributed by atoms with E-state index in [9.17, 15) is 9.50 Å². The van der Waals surface area contributed by atoms with Crippen LogP contribution in [-0.2, 0) is 0 Å². The van der Waals surface area contributed by atoms with E-state index >= 15 is 0 Å². The molecule has 126 valence electrons. The van der Waals surface area contributed by atoms with Gasteiger partial charge in [0, 0.05) is 6.54 Å². The fraction of sp³-hybridized carbons (Fsp3) is 0.353. The van der Waals surface area contributed by atoms with Gasteiger partial charge in [-0.3, -0.25) is 0 Å². The highest BCUT2D eigenvalue weighted by molar-refractivity contribution is 5.60. The molecular weight excluding hydrogens is 309 g/mol. The third-order valence-electron chi connectivity index (χ3n) is 3.85. The average Bonchev–Trinajstić information content (AvgIpc) is 2.95. The molecule has 0 saturated heterocycles. The summed E-state index contributed by atoms with van der Waals surface area (Å²) in [5, 5.41) is 25.7. The lowest BCUT2D eigenvalue weighted by atomic mass is 9.89. The molecule has 1 aromatic carbocycles. The Balaban J connectivity index is 1.91. The summed E-state index contributed by atoms with van der Waals surface area (Å²) in [6, 6.07) is 9.87. The Morgan fingerprint density at radius 2 is 1.92 bits per heavy atom. The molecule has 24 heavy (non-hydrogen) atoms. The number of hydrogen-bond acceptors (Lipinski definition) is 5. The van der Waals surface area contributed by atoms with Crippen molar-refractivity contribution >= 4 is 11.5 Å². The predicted octanol–water partition coefficient (Wildman–Crippen LogP) is 2.75. The van der Waals surface area contributed by atoms with E-state index in [4.69, 9.17) is 0 Å². The van der Waals surface area contributed by atoms with Crippen molar-refractivity contribution < 1.29 is 9.50 Å². The molecule has 0 amide bonds. The van der Waals surface area contributed by atoms with Gasteiger partial charge in [-0.2, -0.15) is 4.52 Å². The van der Waals surface area contributed by atoms with Crippen molar-refractivity contribution in [3.8, 4) is 11.4 Å². The number of halogens is 1. The minimum atomic E-state index is -0.526. The molecule has 7 heteroatoms. The highest BCUT2D eigenvalue weighted by atomic mass is 19.1. The van der Waals surface area contributed by atoms with Crippen molar-refractivity contribution in [2.75, 3.05) is 11.9 Å². The maximum atomic E-state index is 14.0. The largest absolute Gasteiger partial charge is 0.391 e. The molecule has 0 bridgehead atoms. The zero-order chi connectivity index (χ0) is 17.3. The number of anilines is 1. The number of aromatic nitrogens is 4. The fourth-order valence-corrected chi connectivity index (χ4v) is 2.20. The van der Waals surface area contributed by atoms with E-state index < -0.39 is 6.10 Å². The van der Waals surface area contributed by atoms with Crippen molar-refractivity contribution in [2.24, 2.45) is 5.41 Å². The first-order chi connectivity index (χ1) is 11.4. The molecule has 0 radical (unpaired) electrons. The SMILES string of the molecule is CC(C)(C)C(O)CNc1ccc2nnc(-c3ccccc3F)n2n1. The first-order valence-electron chi connectivity index (χ1n) is 7.75. The van der Waals surface area contributed by atoms with Crippen LogP contribution in [0.2, 0.25) is 0 Å². The first kappa shape index (κ1) is 16.3. The summed E-state index contributed by atoms with van der Waals surface area (Å²) in [5.41, 5.74) is 0.631. The van der Waals surface area contributed by atoms with Crippen LogP contribution < -0.4 is 5.32 Å². The Bertz CT molecular complexity index is 856. The standard InChI is InChI=1S/C17H20FN5O/c1-17(2,3)13(24)10-19-14-8-9-15-20-21-16(23(15)22-14)11-6-4-5-7-12(11)18/h4-9,13,24H,10H2,1-3H3,(H,19,22). The molecule has 3 aromatic rings. The van der Waals surface area contributed by atoms with E-state index in [0.717, 1.165) is 0 Å². The molecule has 0 aliphatic carbocycles. The smallest absolute Gasteiger partial charge is 0.188 e. The van der Waals surface area contributed by atoms with Crippen molar-refractivity contribution in [2.45, 2.75) is 26.9 Å². The highest BCUT2D eigenvalue weighted by Crippen LogP contribution is 2.22. The zero-order valence-electron chi connectivity index (χ0n) is 13.9. The number of rotatable bonds is 4. The van der Waals surface area contributed by atoms with Crippen molar-refractivity contribution in [1.29, 1.82) is 0 Å². The molecule has 2 heterocycles. The van der Waals surface area contributed by atoms with E-state index in [1.807, 2.05) is 20.8 Å². The van der Waals surface area contributed by atoms with Crippen LogP contribution in [0.3, 0.4) is 0 Å². The molecular formula is C17H20FN5O. The number of nitrogens with one attached hydrogen (secondary N) is 1. The minimum absolute atomic E-state index is 0.230. The monoisotopic (exact) mass is 329 g/mol. The number of nitrogens with zero attached hydrogens (tertiary/aromatic N) is 4. The molecule has 1 atom stereocenters. The van der Waals surface area contributed by atoms with Gasteiger partial charge in [-0.25, -0.2) is 4.39 Å². The summed E-state index contributed by atoms with van der Waals surface area (Å²) < 4.78 is 15.5. The molecule has 0 aliphatic rings. The van der Waals surface area contributed by atoms with E-state index in [0.29, 0.717) is 29.4 Å². The number of aliphatic hydroxyl groups is 1. The van der Waals surface area contributed by atoms with Crippen LogP contribution in [0.25, 0.3) is 17.0 Å². The lowest BCUT2D eigenvalue weighted by molar-refractivity contribution is 0.0745. The summed E-state index contributed by atoms with van der Waals surface area (Å²) in [7, 11) is 0. The van der Waals surface area contributed by atoms with Crippen LogP contribution in [0.15, 0.2) is 36.4 Å². The van der Waals surface area contributed by atoms with Gasteiger partial charge in [0.1, 0.15) is 11.6 Å². The van der Waals surface area contributed by atoms with Crippen LogP contribution >= 0.6 is 0 Å². The molecule has 0 spiro atoms. The first-order valence-corrected chi connectivity index (χ1v) is 7.75. The van der Waals surface area contributed by atoms with Gasteiger partial charge in [0.2, 0.25) is 0 Å². The molecule has 3 rings (SSSR count). The van der Waals surface area contributed by atoms with E-state index in [2.05, 4.69) is 20.6 Å². The van der Waals surface area contributed by atoms with Gasteiger partial charge in [0.25, 0.3) is 0 Å². The van der Waals surface area contributed by atoms with Crippen LogP contribution in [0, 0.1) is 11.2 Å². The maximum absolute atomic E-state index is 14.0. The Morgan fingerprint density at radius 3 is 2.62 bits per heavy atom. The van der Waals surface area contributed by atoms with Gasteiger partial charge < -0.3 is 10.4 Å². The van der Waals surface area contributed by atoms with Gasteiger partial charge in [-0.15, -0.1) is 15.3 Å². The lowest BCUT2D eigenvalue weighted by Gasteiger charge is -2.26. The second-order valence-corrected chi connectivity index (χ2v) is 6.75. The Kier molecular flexibility index (Phi) is 4.19. The van der Waals surface area contributed by atoms with Crippen molar-refractivity contribution in [3.63, 3.8) is 0 Å². The molecule has 2 aromatic heterocycles. The maximum Gasteiger partial charge on any atom is 0.188 e. The summed E-state index contributed by atoms with van der Waals surface area (Å²) in [5.74, 6) is 0.515. The molecule has 0 fully saturated rings. The van der Waals surface area contributed by atoms with Gasteiger partial charge in [-0.1, -0.05) is 32.9 Å². The fourth-order valence-electron chi connectivity index (χ4n) is 2.20. The van der Waals surface area contributed by atoms with Crippen molar-refractivity contribution in [3.05, 3.63) is 42.2 Å². The second kappa shape index (κ2) is 6.16. The molecule has 1 unspecified atom stereocenters. The second-order valence-electron chi connectivity index (χ2n) is 6.75. The summed E-state index contributed by atoms with van der Waals surface area (Å²) >= 11 is 0. The van der Waals surface area contributed by atoms with Gasteiger partial charge in [-0.05, 0) is 29.7 Å². The average molecular weight is 329 g/mol. The number of fused-ring (bicyclic) bond motifs is 1. The van der Waals surface area contributed by atoms with Crippen LogP contribution in [0.4, 0.5) is 10.2 Å². The summed E-state index contributed by atoms with van der Waals surface area (Å²) in [4.78, 5) is 0. The number of benzene rings is 1. The summed E-state index contributed by atoms with van der Waals surface area (Å²) in [6.07, 6.45) is -0.526. The molecule has 0 aliphatic heterocycles. The Labute approximate surface area is 139 Å². The Morgan fingerprint density at radius 1 is 1.17 bits per heavy atom. The third-order valence-corrected chi connectivity index (χ3v) is 3.85. The minimum Gasteiger partial charge on any atom is -0.391 e. The van der Waals surface area contributed by atoms with Crippen LogP contribution in [-0.4, -0.2) is 37.6 Å². The summed E-state index contributed by atoms with van der Waals surface area (Å²) in [6.45, 7) is 6.25. The van der Waals surface area contributed by atoms with Crippen LogP contribution in [0.1, 0.15) is 20.8 Å². The zero-order valence-corrected chi connectivity index (χ0v) is 13.9. The van der Waals surface area contributed by atoms with Gasteiger partial charge in [0.15, 0.2) is 11.5 Å². The molecule has 2 N–H and O–H groups in total. The quantitative estimate of drug-likeness (QED) is 0.770. The van der Waals surface area contributed by atoms with Gasteiger partial charge >= 0.3 is 0 Å². The van der Waals surface area contributed by atoms with Crippen LogP contribution in [0.5, 0.6) is 0 Å². The van der Waals surface area contributed by atoms with E-state index in [-0.39, 0.29) is 11.2 Å². The predicted molar refractivity (Wildman–Crippen MR) is 90.1 cm³/mol. The topological polar surface area (TPSA) is 75.3 Å². The third kappa shape index (κ3) is 3.21. The normalized spacial score (nSPS) is 13.2. The Hall–Kier alpha value is -2.54. The highest BCUT2D eigenvalue weighted by Gasteiger charge is 2.22. The molecule has 6 nitrogen and oxygen atoms in total. The number of aliphatic hydroxyl groups excluding tert-OH is 1. The van der Waals surface area contributed by atoms with Gasteiger partial charge in [0.05, 0.1) is 11.7 Å².